The van der Waals surface area contributed by atoms with Crippen LogP contribution in [0.2, 0.25) is 0 Å². The van der Waals surface area contributed by atoms with Crippen LogP contribution in [-0.2, 0) is 16.4 Å². The highest BCUT2D eigenvalue weighted by Crippen LogP contribution is 2.26. The van der Waals surface area contributed by atoms with Gasteiger partial charge in [-0.1, -0.05) is 18.2 Å². The van der Waals surface area contributed by atoms with E-state index in [-0.39, 0.29) is 29.3 Å². The minimum absolute atomic E-state index is 0.0200. The summed E-state index contributed by atoms with van der Waals surface area (Å²) in [5, 5.41) is 13.1. The molecule has 0 saturated carbocycles. The van der Waals surface area contributed by atoms with Gasteiger partial charge in [0.15, 0.2) is 9.84 Å². The highest BCUT2D eigenvalue weighted by atomic mass is 32.2. The largest absolute Gasteiger partial charge is 0.329 e. The van der Waals surface area contributed by atoms with Gasteiger partial charge < -0.3 is 4.90 Å². The third-order valence-corrected chi connectivity index (χ3v) is 6.76. The molecule has 3 rings (SSSR count). The predicted octanol–water partition coefficient (Wildman–Crippen LogP) is 2.49. The Hall–Kier alpha value is -2.26. The standard InChI is InChI=1S/C16H16N2O5S2/c19-16(14-5-1-2-6-15(14)18(20)21)17(10-13-4-3-8-24-13)12-7-9-25(22,23)11-12/h1-6,8,12H,7,9-11H2/t12-/m0/s1. The molecule has 25 heavy (non-hydrogen) atoms. The number of thiophene rings is 1. The Kier molecular flexibility index (Phi) is 4.87. The van der Waals surface area contributed by atoms with Gasteiger partial charge in [-0.3, -0.25) is 14.9 Å². The Bertz CT molecular complexity index is 893. The SMILES string of the molecule is O=C(c1ccccc1[N+](=O)[O-])N(Cc1cccs1)[C@H]1CCS(=O)(=O)C1. The van der Waals surface area contributed by atoms with Crippen LogP contribution in [-0.4, -0.2) is 41.7 Å². The molecule has 7 nitrogen and oxygen atoms in total. The third-order valence-electron chi connectivity index (χ3n) is 4.15. The van der Waals surface area contributed by atoms with E-state index in [1.807, 2.05) is 17.5 Å². The maximum Gasteiger partial charge on any atom is 0.282 e. The Labute approximate surface area is 149 Å². The van der Waals surface area contributed by atoms with Crippen LogP contribution in [0, 0.1) is 10.1 Å². The molecular weight excluding hydrogens is 364 g/mol. The van der Waals surface area contributed by atoms with Gasteiger partial charge in [0.1, 0.15) is 5.56 Å². The molecule has 1 aromatic carbocycles. The molecular formula is C16H16N2O5S2. The lowest BCUT2D eigenvalue weighted by Crippen LogP contribution is -2.40. The van der Waals surface area contributed by atoms with Crippen LogP contribution < -0.4 is 0 Å². The second kappa shape index (κ2) is 6.93. The van der Waals surface area contributed by atoms with Crippen molar-refractivity contribution in [2.24, 2.45) is 0 Å². The Morgan fingerprint density at radius 2 is 2.04 bits per heavy atom. The number of rotatable bonds is 5. The van der Waals surface area contributed by atoms with Crippen molar-refractivity contribution in [3.05, 3.63) is 62.3 Å². The zero-order valence-corrected chi connectivity index (χ0v) is 14.8. The Balaban J connectivity index is 1.96. The lowest BCUT2D eigenvalue weighted by molar-refractivity contribution is -0.385. The van der Waals surface area contributed by atoms with Crippen LogP contribution in [0.1, 0.15) is 21.7 Å². The molecule has 132 valence electrons. The zero-order valence-electron chi connectivity index (χ0n) is 13.2. The number of nitro benzene ring substituents is 1. The van der Waals surface area contributed by atoms with Crippen LogP contribution in [0.15, 0.2) is 41.8 Å². The lowest BCUT2D eigenvalue weighted by Gasteiger charge is -2.27. The van der Waals surface area contributed by atoms with Gasteiger partial charge in [-0.15, -0.1) is 11.3 Å². The van der Waals surface area contributed by atoms with E-state index in [1.54, 1.807) is 6.07 Å². The molecule has 0 radical (unpaired) electrons. The molecule has 0 bridgehead atoms. The molecule has 1 aliphatic heterocycles. The van der Waals surface area contributed by atoms with E-state index < -0.39 is 26.7 Å². The number of carbonyl (C=O) groups excluding carboxylic acids is 1. The van der Waals surface area contributed by atoms with Gasteiger partial charge in [-0.05, 0) is 23.9 Å². The molecule has 0 N–H and O–H groups in total. The zero-order chi connectivity index (χ0) is 18.0. The predicted molar refractivity (Wildman–Crippen MR) is 94.3 cm³/mol. The first-order chi connectivity index (χ1) is 11.9. The fourth-order valence-corrected chi connectivity index (χ4v) is 5.36. The summed E-state index contributed by atoms with van der Waals surface area (Å²) in [6.07, 6.45) is 0.347. The van der Waals surface area contributed by atoms with Gasteiger partial charge in [-0.2, -0.15) is 0 Å². The van der Waals surface area contributed by atoms with Gasteiger partial charge in [-0.25, -0.2) is 8.42 Å². The number of nitrogens with zero attached hydrogens (tertiary/aromatic N) is 2. The monoisotopic (exact) mass is 380 g/mol. The van der Waals surface area contributed by atoms with Gasteiger partial charge in [0.25, 0.3) is 11.6 Å². The average Bonchev–Trinajstić information content (AvgIpc) is 3.21. The van der Waals surface area contributed by atoms with Gasteiger partial charge in [0.05, 0.1) is 23.0 Å². The third kappa shape index (κ3) is 3.88. The van der Waals surface area contributed by atoms with Crippen molar-refractivity contribution in [2.75, 3.05) is 11.5 Å². The first-order valence-corrected chi connectivity index (χ1v) is 10.3. The van der Waals surface area contributed by atoms with Gasteiger partial charge in [0.2, 0.25) is 0 Å². The van der Waals surface area contributed by atoms with Gasteiger partial charge in [0, 0.05) is 17.0 Å². The Morgan fingerprint density at radius 1 is 1.28 bits per heavy atom. The second-order valence-electron chi connectivity index (χ2n) is 5.84. The molecule has 0 spiro atoms. The number of hydrogen-bond donors (Lipinski definition) is 0. The van der Waals surface area contributed by atoms with E-state index in [1.165, 1.54) is 34.4 Å². The molecule has 1 aromatic heterocycles. The molecule has 1 atom stereocenters. The van der Waals surface area contributed by atoms with Crippen molar-refractivity contribution in [3.8, 4) is 0 Å². The summed E-state index contributed by atoms with van der Waals surface area (Å²) in [6, 6.07) is 8.98. The quantitative estimate of drug-likeness (QED) is 0.586. The number of amides is 1. The number of nitro groups is 1. The molecule has 1 fully saturated rings. The maximum absolute atomic E-state index is 13.0. The van der Waals surface area contributed by atoms with E-state index in [2.05, 4.69) is 0 Å². The molecule has 2 heterocycles. The number of carbonyl (C=O) groups is 1. The number of sulfone groups is 1. The maximum atomic E-state index is 13.0. The van der Waals surface area contributed by atoms with E-state index in [0.717, 1.165) is 4.88 Å². The van der Waals surface area contributed by atoms with Crippen molar-refractivity contribution < 1.29 is 18.1 Å². The molecule has 9 heteroatoms. The number of para-hydroxylation sites is 1. The highest BCUT2D eigenvalue weighted by molar-refractivity contribution is 7.91. The van der Waals surface area contributed by atoms with Crippen molar-refractivity contribution >= 4 is 32.8 Å². The highest BCUT2D eigenvalue weighted by Gasteiger charge is 2.36. The van der Waals surface area contributed by atoms with E-state index in [9.17, 15) is 23.3 Å². The molecule has 0 unspecified atom stereocenters. The summed E-state index contributed by atoms with van der Waals surface area (Å²) in [5.41, 5.74) is -0.294. The Morgan fingerprint density at radius 3 is 2.64 bits per heavy atom. The van der Waals surface area contributed by atoms with Crippen molar-refractivity contribution in [3.63, 3.8) is 0 Å². The first kappa shape index (κ1) is 17.6. The van der Waals surface area contributed by atoms with Crippen molar-refractivity contribution in [1.29, 1.82) is 0 Å². The second-order valence-corrected chi connectivity index (χ2v) is 9.10. The first-order valence-electron chi connectivity index (χ1n) is 7.64. The van der Waals surface area contributed by atoms with Crippen LogP contribution in [0.25, 0.3) is 0 Å². The van der Waals surface area contributed by atoms with Crippen LogP contribution in [0.3, 0.4) is 0 Å². The van der Waals surface area contributed by atoms with Crippen LogP contribution in [0.5, 0.6) is 0 Å². The molecule has 1 aliphatic rings. The number of hydrogen-bond acceptors (Lipinski definition) is 6. The average molecular weight is 380 g/mol. The topological polar surface area (TPSA) is 97.6 Å². The van der Waals surface area contributed by atoms with E-state index >= 15 is 0 Å². The molecule has 2 aromatic rings. The minimum atomic E-state index is -3.19. The van der Waals surface area contributed by atoms with E-state index in [4.69, 9.17) is 0 Å². The molecule has 1 amide bonds. The minimum Gasteiger partial charge on any atom is -0.329 e. The molecule has 0 aliphatic carbocycles. The van der Waals surface area contributed by atoms with Crippen LogP contribution >= 0.6 is 11.3 Å². The summed E-state index contributed by atoms with van der Waals surface area (Å²) in [7, 11) is -3.19. The van der Waals surface area contributed by atoms with Gasteiger partial charge >= 0.3 is 0 Å². The normalized spacial score (nSPS) is 18.8. The smallest absolute Gasteiger partial charge is 0.282 e. The van der Waals surface area contributed by atoms with Crippen LogP contribution in [0.4, 0.5) is 5.69 Å². The van der Waals surface area contributed by atoms with Crippen molar-refractivity contribution in [1.82, 2.24) is 4.90 Å². The molecule has 1 saturated heterocycles. The summed E-state index contributed by atoms with van der Waals surface area (Å²) < 4.78 is 23.7. The summed E-state index contributed by atoms with van der Waals surface area (Å²) >= 11 is 1.46. The fraction of sp³-hybridized carbons (Fsp3) is 0.312. The lowest BCUT2D eigenvalue weighted by atomic mass is 10.1. The summed E-state index contributed by atoms with van der Waals surface area (Å²) in [4.78, 5) is 26.0. The summed E-state index contributed by atoms with van der Waals surface area (Å²) in [6.45, 7) is 0.239. The van der Waals surface area contributed by atoms with E-state index in [0.29, 0.717) is 6.42 Å². The number of benzene rings is 1. The van der Waals surface area contributed by atoms with Crippen molar-refractivity contribution in [2.45, 2.75) is 19.0 Å². The summed E-state index contributed by atoms with van der Waals surface area (Å²) in [5.74, 6) is -0.587. The fourth-order valence-electron chi connectivity index (χ4n) is 2.93.